The first-order valence-electron chi connectivity index (χ1n) is 23.4. The van der Waals surface area contributed by atoms with Crippen LogP contribution >= 0.6 is 0 Å². The lowest BCUT2D eigenvalue weighted by molar-refractivity contribution is -0.164. The summed E-state index contributed by atoms with van der Waals surface area (Å²) in [5.41, 5.74) is 1.81. The van der Waals surface area contributed by atoms with Gasteiger partial charge >= 0.3 is 5.97 Å². The van der Waals surface area contributed by atoms with Gasteiger partial charge in [0.25, 0.3) is 11.8 Å². The van der Waals surface area contributed by atoms with Crippen molar-refractivity contribution in [3.05, 3.63) is 177 Å². The Bertz CT molecular complexity index is 2710. The smallest absolute Gasteiger partial charge is 0.347 e. The number of amides is 2. The number of likely N-dealkylation sites (tertiary alicyclic amines) is 2. The summed E-state index contributed by atoms with van der Waals surface area (Å²) in [5.74, 6) is -0.838. The number of benzene rings is 5. The number of carbonyl (C=O) groups excluding carboxylic acids is 3. The van der Waals surface area contributed by atoms with Crippen LogP contribution in [0.4, 0.5) is 0 Å². The van der Waals surface area contributed by atoms with Gasteiger partial charge in [0, 0.05) is 54.8 Å². The molecular weight excluding hydrogens is 863 g/mol. The lowest BCUT2D eigenvalue weighted by Crippen LogP contribution is -2.50. The van der Waals surface area contributed by atoms with E-state index in [1.807, 2.05) is 36.4 Å². The van der Waals surface area contributed by atoms with Crippen molar-refractivity contribution in [2.45, 2.75) is 56.4 Å². The summed E-state index contributed by atoms with van der Waals surface area (Å²) in [6.45, 7) is 4.27. The molecule has 6 N–H and O–H groups in total. The molecule has 2 fully saturated rings. The summed E-state index contributed by atoms with van der Waals surface area (Å²) >= 11 is 0. The van der Waals surface area contributed by atoms with Crippen molar-refractivity contribution in [1.29, 1.82) is 0 Å². The number of piperidine rings is 2. The number of ether oxygens (including phenoxy) is 2. The number of aromatic amines is 1. The van der Waals surface area contributed by atoms with Gasteiger partial charge in [-0.1, -0.05) is 91.0 Å². The lowest BCUT2D eigenvalue weighted by atomic mass is 9.86. The van der Waals surface area contributed by atoms with Gasteiger partial charge in [0.15, 0.2) is 6.61 Å². The van der Waals surface area contributed by atoms with Crippen molar-refractivity contribution in [3.63, 3.8) is 0 Å². The number of carbonyl (C=O) groups is 3. The van der Waals surface area contributed by atoms with Gasteiger partial charge in [-0.25, -0.2) is 4.79 Å². The second-order valence-electron chi connectivity index (χ2n) is 17.8. The second kappa shape index (κ2) is 22.3. The molecule has 3 heterocycles. The molecule has 2 aliphatic heterocycles. The van der Waals surface area contributed by atoms with Gasteiger partial charge in [-0.05, 0) is 116 Å². The molecule has 0 radical (unpaired) electrons. The predicted octanol–water partition coefficient (Wildman–Crippen LogP) is 5.59. The van der Waals surface area contributed by atoms with Crippen LogP contribution in [0.25, 0.3) is 10.9 Å². The number of aromatic nitrogens is 1. The highest BCUT2D eigenvalue weighted by Crippen LogP contribution is 2.34. The highest BCUT2D eigenvalue weighted by Gasteiger charge is 2.42. The van der Waals surface area contributed by atoms with Crippen molar-refractivity contribution in [2.24, 2.45) is 5.92 Å². The molecule has 0 bridgehead atoms. The third-order valence-electron chi connectivity index (χ3n) is 13.0. The molecule has 14 heteroatoms. The Morgan fingerprint density at radius 2 is 1.54 bits per heavy atom. The van der Waals surface area contributed by atoms with Crippen LogP contribution < -0.4 is 20.9 Å². The van der Waals surface area contributed by atoms with E-state index in [9.17, 15) is 34.5 Å². The number of hydrogen-bond acceptors (Lipinski definition) is 11. The van der Waals surface area contributed by atoms with Crippen molar-refractivity contribution in [3.8, 4) is 11.5 Å². The maximum absolute atomic E-state index is 13.9. The Balaban J connectivity index is 0.793. The number of fused-ring (bicyclic) bond motifs is 1. The Labute approximate surface area is 395 Å². The van der Waals surface area contributed by atoms with Crippen LogP contribution in [0.15, 0.2) is 138 Å². The Hall–Kier alpha value is -6.84. The first-order chi connectivity index (χ1) is 33.0. The van der Waals surface area contributed by atoms with Crippen LogP contribution in [0.5, 0.6) is 11.5 Å². The maximum Gasteiger partial charge on any atom is 0.347 e. The molecule has 1 aromatic heterocycles. The fourth-order valence-electron chi connectivity index (χ4n) is 9.12. The van der Waals surface area contributed by atoms with Crippen LogP contribution in [0, 0.1) is 5.92 Å². The number of phenols is 1. The maximum atomic E-state index is 13.9. The third kappa shape index (κ3) is 11.8. The normalized spacial score (nSPS) is 17.0. The highest BCUT2D eigenvalue weighted by atomic mass is 16.5. The summed E-state index contributed by atoms with van der Waals surface area (Å²) in [6.07, 6.45) is 2.96. The topological polar surface area (TPSA) is 194 Å². The molecule has 0 spiro atoms. The number of hydrogen-bond donors (Lipinski definition) is 6. The SMILES string of the molecule is O=C(N[C@H]1CCCN(C(=O)COc2cccc([C@](O)(C(=O)OCC3CCN(Cc4ccccc4)CC3)c3ccccc3)c2)C1)c1ccc(CCNC[C@H](O)c2ccc(O)c3[nH]c(=O)ccc23)cc1. The van der Waals surface area contributed by atoms with E-state index >= 15 is 0 Å². The van der Waals surface area contributed by atoms with E-state index in [1.54, 1.807) is 77.7 Å². The van der Waals surface area contributed by atoms with Crippen molar-refractivity contribution in [2.75, 3.05) is 52.5 Å². The van der Waals surface area contributed by atoms with Crippen LogP contribution in [0.1, 0.15) is 70.0 Å². The largest absolute Gasteiger partial charge is 0.506 e. The number of aliphatic hydroxyl groups is 2. The quantitative estimate of drug-likeness (QED) is 0.0465. The van der Waals surface area contributed by atoms with E-state index in [1.165, 1.54) is 17.7 Å². The van der Waals surface area contributed by atoms with Gasteiger partial charge in [0.05, 0.1) is 18.2 Å². The van der Waals surface area contributed by atoms with Gasteiger partial charge < -0.3 is 45.3 Å². The van der Waals surface area contributed by atoms with Crippen molar-refractivity contribution >= 4 is 28.7 Å². The van der Waals surface area contributed by atoms with E-state index in [4.69, 9.17) is 9.47 Å². The zero-order valence-corrected chi connectivity index (χ0v) is 38.0. The van der Waals surface area contributed by atoms with Gasteiger partial charge in [-0.3, -0.25) is 19.3 Å². The van der Waals surface area contributed by atoms with Crippen molar-refractivity contribution in [1.82, 2.24) is 25.4 Å². The van der Waals surface area contributed by atoms with Crippen LogP contribution in [0.2, 0.25) is 0 Å². The standard InChI is InChI=1S/C54H59N5O9/c60-47-22-20-45(46-21-23-49(62)57-51(46)47)48(61)32-55-27-24-37-16-18-40(19-17-37)52(64)56-43-14-8-28-59(34-43)50(63)36-67-44-15-7-13-42(31-44)54(66,41-11-5-2-6-12-41)53(65)68-35-39-25-29-58(30-26-39)33-38-9-3-1-4-10-38/h1-7,9-13,15-23,31,39,43,48,55,60-61,66H,8,14,24-30,32-36H2,(H,56,64)(H,57,62)/t43-,48-,54-/m0/s1. The molecule has 8 rings (SSSR count). The number of aliphatic hydroxyl groups excluding tert-OH is 1. The molecule has 14 nitrogen and oxygen atoms in total. The zero-order valence-electron chi connectivity index (χ0n) is 38.0. The number of nitrogens with one attached hydrogen (secondary N) is 3. The fraction of sp³-hybridized carbons (Fsp3) is 0.333. The minimum Gasteiger partial charge on any atom is -0.506 e. The number of pyridine rings is 1. The molecule has 2 amide bonds. The van der Waals surface area contributed by atoms with Gasteiger partial charge in [-0.15, -0.1) is 0 Å². The summed E-state index contributed by atoms with van der Waals surface area (Å²) in [6, 6.07) is 38.7. The van der Waals surface area contributed by atoms with Gasteiger partial charge in [-0.2, -0.15) is 0 Å². The molecule has 0 saturated carbocycles. The van der Waals surface area contributed by atoms with E-state index < -0.39 is 17.7 Å². The lowest BCUT2D eigenvalue weighted by Gasteiger charge is -2.33. The molecule has 0 aliphatic carbocycles. The Kier molecular flexibility index (Phi) is 15.6. The van der Waals surface area contributed by atoms with E-state index in [0.717, 1.165) is 38.0 Å². The van der Waals surface area contributed by atoms with E-state index in [2.05, 4.69) is 32.7 Å². The number of rotatable bonds is 18. The average Bonchev–Trinajstić information content (AvgIpc) is 3.37. The molecule has 6 aromatic rings. The molecule has 0 unspecified atom stereocenters. The van der Waals surface area contributed by atoms with E-state index in [-0.39, 0.29) is 65.9 Å². The zero-order chi connectivity index (χ0) is 47.5. The number of H-pyrrole nitrogens is 1. The Morgan fingerprint density at radius 3 is 2.31 bits per heavy atom. The van der Waals surface area contributed by atoms with Gasteiger partial charge in [0.1, 0.15) is 11.5 Å². The molecule has 2 aliphatic rings. The predicted molar refractivity (Wildman–Crippen MR) is 258 cm³/mol. The summed E-state index contributed by atoms with van der Waals surface area (Å²) in [5, 5.41) is 40.1. The minimum absolute atomic E-state index is 0.0644. The molecule has 354 valence electrons. The van der Waals surface area contributed by atoms with Crippen LogP contribution in [-0.4, -0.2) is 106 Å². The molecule has 68 heavy (non-hydrogen) atoms. The number of aromatic hydroxyl groups is 1. The number of nitrogens with zero attached hydrogens (tertiary/aromatic N) is 2. The van der Waals surface area contributed by atoms with Gasteiger partial charge in [0.2, 0.25) is 11.2 Å². The van der Waals surface area contributed by atoms with Crippen LogP contribution in [-0.2, 0) is 32.9 Å². The number of phenolic OH excluding ortho intramolecular Hbond substituents is 1. The van der Waals surface area contributed by atoms with Crippen LogP contribution in [0.3, 0.4) is 0 Å². The average molecular weight is 922 g/mol. The highest BCUT2D eigenvalue weighted by molar-refractivity contribution is 5.94. The summed E-state index contributed by atoms with van der Waals surface area (Å²) in [4.78, 5) is 59.1. The first kappa shape index (κ1) is 47.6. The monoisotopic (exact) mass is 921 g/mol. The Morgan fingerprint density at radius 1 is 0.809 bits per heavy atom. The third-order valence-corrected chi connectivity index (χ3v) is 13.0. The summed E-state index contributed by atoms with van der Waals surface area (Å²) < 4.78 is 11.9. The molecule has 2 saturated heterocycles. The van der Waals surface area contributed by atoms with Crippen molar-refractivity contribution < 1.29 is 39.2 Å². The van der Waals surface area contributed by atoms with E-state index in [0.29, 0.717) is 66.7 Å². The first-order valence-corrected chi connectivity index (χ1v) is 23.4. The molecule has 3 atom stereocenters. The second-order valence-corrected chi connectivity index (χ2v) is 17.8. The molecule has 5 aromatic carbocycles. The number of esters is 1. The molecular formula is C54H59N5O9. The summed E-state index contributed by atoms with van der Waals surface area (Å²) in [7, 11) is 0. The minimum atomic E-state index is -2.11. The fourth-order valence-corrected chi connectivity index (χ4v) is 9.12.